The Hall–Kier alpha value is -4.71. The van der Waals surface area contributed by atoms with Crippen molar-refractivity contribution in [3.8, 4) is 11.5 Å². The Kier molecular flexibility index (Phi) is 5.85. The molecule has 5 rings (SSSR count). The summed E-state index contributed by atoms with van der Waals surface area (Å²) in [6, 6.07) is 26.0. The van der Waals surface area contributed by atoms with Gasteiger partial charge in [-0.1, -0.05) is 72.8 Å². The molecule has 4 aromatic rings. The molecule has 1 aliphatic rings. The van der Waals surface area contributed by atoms with Crippen molar-refractivity contribution in [3.63, 3.8) is 0 Å². The molecule has 35 heavy (non-hydrogen) atoms. The van der Waals surface area contributed by atoms with Crippen molar-refractivity contribution in [1.82, 2.24) is 4.90 Å². The maximum Gasteiger partial charge on any atom is 0.331 e. The molecule has 1 aliphatic heterocycles. The predicted molar refractivity (Wildman–Crippen MR) is 133 cm³/mol. The Bertz CT molecular complexity index is 1460. The van der Waals surface area contributed by atoms with Crippen LogP contribution < -0.4 is 9.47 Å². The van der Waals surface area contributed by atoms with Gasteiger partial charge in [-0.2, -0.15) is 0 Å². The molecule has 6 heteroatoms. The molecule has 0 aromatic heterocycles. The molecule has 0 N–H and O–H groups in total. The van der Waals surface area contributed by atoms with Gasteiger partial charge >= 0.3 is 5.97 Å². The van der Waals surface area contributed by atoms with Crippen LogP contribution in [0, 0.1) is 0 Å². The van der Waals surface area contributed by atoms with Crippen LogP contribution in [0.4, 0.5) is 0 Å². The predicted octanol–water partition coefficient (Wildman–Crippen LogP) is 5.22. The molecule has 0 aliphatic carbocycles. The van der Waals surface area contributed by atoms with E-state index in [2.05, 4.69) is 18.2 Å². The number of ether oxygens (including phenoxy) is 2. The topological polar surface area (TPSA) is 72.9 Å². The van der Waals surface area contributed by atoms with Crippen molar-refractivity contribution in [1.29, 1.82) is 0 Å². The molecule has 0 saturated heterocycles. The van der Waals surface area contributed by atoms with Gasteiger partial charge in [0.2, 0.25) is 0 Å². The van der Waals surface area contributed by atoms with E-state index in [1.54, 1.807) is 42.5 Å². The largest absolute Gasteiger partial charge is 0.493 e. The molecule has 0 bridgehead atoms. The molecule has 4 aromatic carbocycles. The molecule has 6 nitrogen and oxygen atoms in total. The average molecular weight is 463 g/mol. The number of esters is 1. The van der Waals surface area contributed by atoms with Gasteiger partial charge in [0.1, 0.15) is 6.54 Å². The van der Waals surface area contributed by atoms with E-state index in [1.165, 1.54) is 7.11 Å². The first-order valence-electron chi connectivity index (χ1n) is 11.0. The monoisotopic (exact) mass is 463 g/mol. The fourth-order valence-corrected chi connectivity index (χ4v) is 4.12. The molecule has 0 unspecified atom stereocenters. The molecular weight excluding hydrogens is 442 g/mol. The Morgan fingerprint density at radius 1 is 0.800 bits per heavy atom. The van der Waals surface area contributed by atoms with E-state index in [-0.39, 0.29) is 16.9 Å². The maximum atomic E-state index is 12.6. The number of rotatable bonds is 6. The number of methoxy groups -OCH3 is 1. The van der Waals surface area contributed by atoms with Crippen LogP contribution in [-0.2, 0) is 4.79 Å². The van der Waals surface area contributed by atoms with E-state index >= 15 is 0 Å². The number of hydrogen-bond acceptors (Lipinski definition) is 5. The quantitative estimate of drug-likeness (QED) is 0.170. The number of imide groups is 1. The first-order valence-corrected chi connectivity index (χ1v) is 11.0. The number of hydrogen-bond donors (Lipinski definition) is 0. The van der Waals surface area contributed by atoms with E-state index in [1.807, 2.05) is 36.4 Å². The first kappa shape index (κ1) is 22.1. The molecule has 2 amide bonds. The molecule has 0 atom stereocenters. The number of nitrogens with zero attached hydrogens (tertiary/aromatic N) is 1. The molecule has 1 heterocycles. The third-order valence-electron chi connectivity index (χ3n) is 5.86. The molecule has 0 fully saturated rings. The fourth-order valence-electron chi connectivity index (χ4n) is 4.12. The lowest BCUT2D eigenvalue weighted by Gasteiger charge is -2.14. The summed E-state index contributed by atoms with van der Waals surface area (Å²) in [5, 5.41) is 2.31. The van der Waals surface area contributed by atoms with E-state index in [9.17, 15) is 14.4 Å². The Balaban J connectivity index is 1.31. The zero-order valence-electron chi connectivity index (χ0n) is 18.9. The van der Waals surface area contributed by atoms with Gasteiger partial charge in [0.15, 0.2) is 11.5 Å². The molecule has 0 radical (unpaired) electrons. The summed E-state index contributed by atoms with van der Waals surface area (Å²) in [5.74, 6) is -1.19. The molecular formula is C29H21NO5. The van der Waals surface area contributed by atoms with Crippen LogP contribution in [0.25, 0.3) is 22.9 Å². The second-order valence-electron chi connectivity index (χ2n) is 8.03. The van der Waals surface area contributed by atoms with Crippen LogP contribution in [0.2, 0.25) is 0 Å². The van der Waals surface area contributed by atoms with E-state index < -0.39 is 24.3 Å². The highest BCUT2D eigenvalue weighted by Crippen LogP contribution is 2.30. The van der Waals surface area contributed by atoms with Crippen molar-refractivity contribution >= 4 is 40.7 Å². The Morgan fingerprint density at radius 3 is 2.23 bits per heavy atom. The number of fused-ring (bicyclic) bond motifs is 2. The minimum absolute atomic E-state index is 0.205. The number of carbonyl (C=O) groups excluding carboxylic acids is 3. The van der Waals surface area contributed by atoms with Gasteiger partial charge in [-0.05, 0) is 46.2 Å². The summed E-state index contributed by atoms with van der Waals surface area (Å²) in [4.78, 5) is 38.4. The highest BCUT2D eigenvalue weighted by molar-refractivity contribution is 6.22. The second kappa shape index (κ2) is 9.27. The summed E-state index contributed by atoms with van der Waals surface area (Å²) in [7, 11) is 1.48. The van der Waals surface area contributed by atoms with Crippen molar-refractivity contribution < 1.29 is 23.9 Å². The zero-order valence-corrected chi connectivity index (χ0v) is 18.9. The third kappa shape index (κ3) is 4.29. The summed E-state index contributed by atoms with van der Waals surface area (Å²) >= 11 is 0. The van der Waals surface area contributed by atoms with E-state index in [0.717, 1.165) is 26.8 Å². The van der Waals surface area contributed by atoms with Gasteiger partial charge in [-0.3, -0.25) is 14.5 Å². The lowest BCUT2D eigenvalue weighted by molar-refractivity contribution is -0.134. The minimum atomic E-state index is -0.739. The van der Waals surface area contributed by atoms with E-state index in [0.29, 0.717) is 5.75 Å². The van der Waals surface area contributed by atoms with Crippen LogP contribution in [0.3, 0.4) is 0 Å². The van der Waals surface area contributed by atoms with Crippen LogP contribution in [0.15, 0.2) is 84.9 Å². The summed E-state index contributed by atoms with van der Waals surface area (Å²) in [5.41, 5.74) is 2.50. The minimum Gasteiger partial charge on any atom is -0.493 e. The Morgan fingerprint density at radius 2 is 1.49 bits per heavy atom. The zero-order chi connectivity index (χ0) is 24.4. The van der Waals surface area contributed by atoms with Gasteiger partial charge in [0.25, 0.3) is 11.8 Å². The number of benzene rings is 4. The maximum absolute atomic E-state index is 12.6. The lowest BCUT2D eigenvalue weighted by atomic mass is 10.0. The average Bonchev–Trinajstić information content (AvgIpc) is 3.13. The third-order valence-corrected chi connectivity index (χ3v) is 5.86. The standard InChI is InChI=1S/C29H21NO5/c1-34-26-17-19(13-15-21-9-6-8-20-7-2-3-10-22(20)21)14-16-25(26)35-27(31)18-30-28(32)23-11-4-5-12-24(23)29(30)33/h2-17H,18H2,1H3/b15-13+. The van der Waals surface area contributed by atoms with E-state index in [4.69, 9.17) is 9.47 Å². The smallest absolute Gasteiger partial charge is 0.331 e. The van der Waals surface area contributed by atoms with Crippen molar-refractivity contribution in [2.45, 2.75) is 0 Å². The highest BCUT2D eigenvalue weighted by atomic mass is 16.6. The summed E-state index contributed by atoms with van der Waals surface area (Å²) < 4.78 is 10.8. The number of amides is 2. The van der Waals surface area contributed by atoms with Crippen molar-refractivity contribution in [2.75, 3.05) is 13.7 Å². The second-order valence-corrected chi connectivity index (χ2v) is 8.03. The normalized spacial score (nSPS) is 12.9. The molecule has 0 spiro atoms. The van der Waals surface area contributed by atoms with Gasteiger partial charge in [-0.25, -0.2) is 4.79 Å². The highest BCUT2D eigenvalue weighted by Gasteiger charge is 2.36. The SMILES string of the molecule is COc1cc(/C=C/c2cccc3ccccc23)ccc1OC(=O)CN1C(=O)c2ccccc2C1=O. The van der Waals surface area contributed by atoms with Crippen molar-refractivity contribution in [3.05, 3.63) is 107 Å². The van der Waals surface area contributed by atoms with Crippen LogP contribution in [0.1, 0.15) is 31.8 Å². The lowest BCUT2D eigenvalue weighted by Crippen LogP contribution is -2.36. The Labute approximate surface area is 202 Å². The van der Waals surface area contributed by atoms with Gasteiger partial charge < -0.3 is 9.47 Å². The molecule has 172 valence electrons. The van der Waals surface area contributed by atoms with Gasteiger partial charge in [0.05, 0.1) is 18.2 Å². The number of carbonyl (C=O) groups is 3. The molecule has 0 saturated carbocycles. The summed E-state index contributed by atoms with van der Waals surface area (Å²) in [6.45, 7) is -0.488. The van der Waals surface area contributed by atoms with Crippen LogP contribution >= 0.6 is 0 Å². The van der Waals surface area contributed by atoms with Gasteiger partial charge in [-0.15, -0.1) is 0 Å². The van der Waals surface area contributed by atoms with Crippen LogP contribution in [-0.4, -0.2) is 36.3 Å². The fraction of sp³-hybridized carbons (Fsp3) is 0.0690. The van der Waals surface area contributed by atoms with Crippen molar-refractivity contribution in [2.24, 2.45) is 0 Å². The first-order chi connectivity index (χ1) is 17.0. The summed E-state index contributed by atoms with van der Waals surface area (Å²) in [6.07, 6.45) is 3.97. The van der Waals surface area contributed by atoms with Crippen LogP contribution in [0.5, 0.6) is 11.5 Å². The van der Waals surface area contributed by atoms with Gasteiger partial charge in [0, 0.05) is 0 Å².